The molecule has 1 fully saturated rings. The molecule has 7 heteroatoms. The highest BCUT2D eigenvalue weighted by Crippen LogP contribution is 2.34. The van der Waals surface area contributed by atoms with E-state index < -0.39 is 10.5 Å². The third-order valence-electron chi connectivity index (χ3n) is 3.89. The van der Waals surface area contributed by atoms with E-state index >= 15 is 0 Å². The Morgan fingerprint density at radius 3 is 2.86 bits per heavy atom. The normalized spacial score (nSPS) is 17.0. The molecule has 1 aliphatic carbocycles. The van der Waals surface area contributed by atoms with Gasteiger partial charge in [0.2, 0.25) is 5.89 Å². The number of nitrogens with zero attached hydrogens (tertiary/aromatic N) is 3. The summed E-state index contributed by atoms with van der Waals surface area (Å²) in [4.78, 5) is 14.7. The summed E-state index contributed by atoms with van der Waals surface area (Å²) in [6.45, 7) is 0. The van der Waals surface area contributed by atoms with Gasteiger partial charge < -0.3 is 10.3 Å². The van der Waals surface area contributed by atoms with E-state index in [9.17, 15) is 10.1 Å². The zero-order valence-electron chi connectivity index (χ0n) is 11.5. The summed E-state index contributed by atoms with van der Waals surface area (Å²) in [6.07, 6.45) is 4.24. The van der Waals surface area contributed by atoms with Crippen LogP contribution in [0.2, 0.25) is 0 Å². The van der Waals surface area contributed by atoms with Crippen LogP contribution in [0.5, 0.6) is 0 Å². The average Bonchev–Trinajstić information content (AvgIpc) is 3.09. The van der Waals surface area contributed by atoms with E-state index in [1.165, 1.54) is 12.1 Å². The van der Waals surface area contributed by atoms with Crippen molar-refractivity contribution < 1.29 is 9.45 Å². The molecule has 1 aromatic heterocycles. The molecule has 0 bridgehead atoms. The summed E-state index contributed by atoms with van der Waals surface area (Å²) in [5, 5.41) is 14.7. The molecule has 7 nitrogen and oxygen atoms in total. The number of nitro benzene ring substituents is 1. The van der Waals surface area contributed by atoms with Crippen molar-refractivity contribution in [2.45, 2.75) is 37.6 Å². The zero-order valence-corrected chi connectivity index (χ0v) is 11.5. The third-order valence-corrected chi connectivity index (χ3v) is 3.89. The predicted molar refractivity (Wildman–Crippen MR) is 74.5 cm³/mol. The van der Waals surface area contributed by atoms with Gasteiger partial charge in [0.15, 0.2) is 5.82 Å². The van der Waals surface area contributed by atoms with Crippen LogP contribution in [0.15, 0.2) is 28.8 Å². The fraction of sp³-hybridized carbons (Fsp3) is 0.429. The standard InChI is InChI=1S/C14H16N4O3/c15-14(6-1-2-7-14)13-16-12(21-17-13)9-10-4-3-5-11(8-10)18(19)20/h3-5,8H,1-2,6-7,9,15H2. The topological polar surface area (TPSA) is 108 Å². The molecule has 2 N–H and O–H groups in total. The Kier molecular flexibility index (Phi) is 3.42. The number of hydrogen-bond donors (Lipinski definition) is 1. The molecule has 110 valence electrons. The number of rotatable bonds is 4. The molecule has 0 aliphatic heterocycles. The first-order valence-electron chi connectivity index (χ1n) is 6.92. The molecule has 1 aliphatic rings. The number of benzene rings is 1. The van der Waals surface area contributed by atoms with Crippen molar-refractivity contribution in [2.24, 2.45) is 5.73 Å². The van der Waals surface area contributed by atoms with Crippen LogP contribution in [-0.2, 0) is 12.0 Å². The second-order valence-electron chi connectivity index (χ2n) is 5.48. The van der Waals surface area contributed by atoms with Crippen molar-refractivity contribution in [1.82, 2.24) is 10.1 Å². The van der Waals surface area contributed by atoms with Crippen LogP contribution in [0, 0.1) is 10.1 Å². The van der Waals surface area contributed by atoms with E-state index in [1.54, 1.807) is 12.1 Å². The molecule has 1 aromatic carbocycles. The molecule has 3 rings (SSSR count). The summed E-state index contributed by atoms with van der Waals surface area (Å²) in [7, 11) is 0. The van der Waals surface area contributed by atoms with Gasteiger partial charge >= 0.3 is 0 Å². The lowest BCUT2D eigenvalue weighted by Crippen LogP contribution is -2.34. The molecule has 2 aromatic rings. The number of nitrogens with two attached hydrogens (primary N) is 1. The molecule has 0 radical (unpaired) electrons. The maximum absolute atomic E-state index is 10.8. The minimum Gasteiger partial charge on any atom is -0.339 e. The van der Waals surface area contributed by atoms with Gasteiger partial charge in [0, 0.05) is 12.1 Å². The Bertz CT molecular complexity index is 662. The summed E-state index contributed by atoms with van der Waals surface area (Å²) in [5.41, 5.74) is 6.61. The van der Waals surface area contributed by atoms with Gasteiger partial charge in [-0.2, -0.15) is 4.98 Å². The van der Waals surface area contributed by atoms with Crippen LogP contribution in [0.3, 0.4) is 0 Å². The molecule has 0 saturated heterocycles. The summed E-state index contributed by atoms with van der Waals surface area (Å²) < 4.78 is 5.24. The van der Waals surface area contributed by atoms with Crippen LogP contribution in [0.25, 0.3) is 0 Å². The molecule has 1 saturated carbocycles. The van der Waals surface area contributed by atoms with Crippen molar-refractivity contribution in [2.75, 3.05) is 0 Å². The van der Waals surface area contributed by atoms with Crippen molar-refractivity contribution in [3.63, 3.8) is 0 Å². The molecule has 0 spiro atoms. The first-order chi connectivity index (χ1) is 10.1. The molecule has 21 heavy (non-hydrogen) atoms. The third kappa shape index (κ3) is 2.78. The molecular weight excluding hydrogens is 272 g/mol. The van der Waals surface area contributed by atoms with Crippen molar-refractivity contribution in [1.29, 1.82) is 0 Å². The second kappa shape index (κ2) is 5.25. The van der Waals surface area contributed by atoms with Gasteiger partial charge in [0.1, 0.15) is 0 Å². The Hall–Kier alpha value is -2.28. The molecule has 1 heterocycles. The predicted octanol–water partition coefficient (Wildman–Crippen LogP) is 2.30. The van der Waals surface area contributed by atoms with E-state index in [0.29, 0.717) is 18.1 Å². The van der Waals surface area contributed by atoms with E-state index in [4.69, 9.17) is 10.3 Å². The van der Waals surface area contributed by atoms with Crippen LogP contribution < -0.4 is 5.73 Å². The van der Waals surface area contributed by atoms with Gasteiger partial charge in [-0.1, -0.05) is 30.1 Å². The van der Waals surface area contributed by atoms with Gasteiger partial charge in [-0.25, -0.2) is 0 Å². The highest BCUT2D eigenvalue weighted by Gasteiger charge is 2.35. The minimum atomic E-state index is -0.482. The zero-order chi connectivity index (χ0) is 14.9. The van der Waals surface area contributed by atoms with E-state index in [0.717, 1.165) is 31.2 Å². The number of non-ortho nitro benzene ring substituents is 1. The van der Waals surface area contributed by atoms with Gasteiger partial charge in [-0.05, 0) is 18.4 Å². The molecular formula is C14H16N4O3. The molecule has 0 unspecified atom stereocenters. The number of hydrogen-bond acceptors (Lipinski definition) is 6. The first-order valence-corrected chi connectivity index (χ1v) is 6.92. The Morgan fingerprint density at radius 2 is 2.14 bits per heavy atom. The van der Waals surface area contributed by atoms with E-state index in [-0.39, 0.29) is 5.69 Å². The lowest BCUT2D eigenvalue weighted by molar-refractivity contribution is -0.384. The monoisotopic (exact) mass is 288 g/mol. The highest BCUT2D eigenvalue weighted by atomic mass is 16.6. The Labute approximate surface area is 121 Å². The number of nitro groups is 1. The molecule has 0 atom stereocenters. The van der Waals surface area contributed by atoms with Crippen LogP contribution in [0.4, 0.5) is 5.69 Å². The van der Waals surface area contributed by atoms with Gasteiger partial charge in [0.05, 0.1) is 16.9 Å². The largest absolute Gasteiger partial charge is 0.339 e. The van der Waals surface area contributed by atoms with Crippen molar-refractivity contribution >= 4 is 5.69 Å². The van der Waals surface area contributed by atoms with Gasteiger partial charge in [-0.15, -0.1) is 0 Å². The van der Waals surface area contributed by atoms with E-state index in [2.05, 4.69) is 10.1 Å². The lowest BCUT2D eigenvalue weighted by atomic mass is 9.99. The average molecular weight is 288 g/mol. The maximum Gasteiger partial charge on any atom is 0.269 e. The molecule has 0 amide bonds. The summed E-state index contributed by atoms with van der Waals surface area (Å²) in [6, 6.07) is 6.41. The van der Waals surface area contributed by atoms with Crippen molar-refractivity contribution in [3.05, 3.63) is 51.7 Å². The SMILES string of the molecule is NC1(c2noc(Cc3cccc([N+](=O)[O-])c3)n2)CCCC1. The van der Waals surface area contributed by atoms with Gasteiger partial charge in [0.25, 0.3) is 5.69 Å². The highest BCUT2D eigenvalue weighted by molar-refractivity contribution is 5.35. The fourth-order valence-electron chi connectivity index (χ4n) is 2.71. The smallest absolute Gasteiger partial charge is 0.269 e. The minimum absolute atomic E-state index is 0.0540. The summed E-state index contributed by atoms with van der Waals surface area (Å²) >= 11 is 0. The van der Waals surface area contributed by atoms with Crippen LogP contribution in [0.1, 0.15) is 43.0 Å². The number of aromatic nitrogens is 2. The quantitative estimate of drug-likeness (QED) is 0.683. The maximum atomic E-state index is 10.8. The van der Waals surface area contributed by atoms with Crippen LogP contribution in [-0.4, -0.2) is 15.1 Å². The van der Waals surface area contributed by atoms with Crippen LogP contribution >= 0.6 is 0 Å². The lowest BCUT2D eigenvalue weighted by Gasteiger charge is -2.17. The first kappa shape index (κ1) is 13.7. The van der Waals surface area contributed by atoms with E-state index in [1.807, 2.05) is 0 Å². The Balaban J connectivity index is 1.78. The Morgan fingerprint density at radius 1 is 1.38 bits per heavy atom. The van der Waals surface area contributed by atoms with Gasteiger partial charge in [-0.3, -0.25) is 10.1 Å². The van der Waals surface area contributed by atoms with Crippen molar-refractivity contribution in [3.8, 4) is 0 Å². The second-order valence-corrected chi connectivity index (χ2v) is 5.48. The fourth-order valence-corrected chi connectivity index (χ4v) is 2.71. The summed E-state index contributed by atoms with van der Waals surface area (Å²) in [5.74, 6) is 0.975.